The molecule has 2 atom stereocenters. The Hall–Kier alpha value is -1.94. The van der Waals surface area contributed by atoms with Gasteiger partial charge in [-0.1, -0.05) is 43.2 Å². The fourth-order valence-corrected chi connectivity index (χ4v) is 3.77. The van der Waals surface area contributed by atoms with Crippen LogP contribution in [0, 0.1) is 0 Å². The summed E-state index contributed by atoms with van der Waals surface area (Å²) < 4.78 is 0. The number of nitrogens with one attached hydrogen (secondary N) is 1. The quantitative estimate of drug-likeness (QED) is 0.825. The molecule has 2 aromatic rings. The first-order valence-electron chi connectivity index (χ1n) is 8.77. The fraction of sp³-hybridized carbons (Fsp3) is 0.400. The Labute approximate surface area is 150 Å². The Kier molecular flexibility index (Phi) is 5.81. The second-order valence-corrected chi connectivity index (χ2v) is 6.81. The van der Waals surface area contributed by atoms with E-state index in [9.17, 15) is 0 Å². The summed E-state index contributed by atoms with van der Waals surface area (Å²) in [5, 5.41) is 4.39. The molecule has 1 aliphatic heterocycles. The number of pyridine rings is 1. The molecular weight excluding hydrogens is 314 g/mol. The predicted molar refractivity (Wildman–Crippen MR) is 103 cm³/mol. The van der Waals surface area contributed by atoms with E-state index in [4.69, 9.17) is 12.2 Å². The van der Waals surface area contributed by atoms with Crippen LogP contribution in [0.1, 0.15) is 55.8 Å². The number of hydrogen-bond acceptors (Lipinski definition) is 2. The van der Waals surface area contributed by atoms with Crippen molar-refractivity contribution in [1.82, 2.24) is 15.2 Å². The average molecular weight is 340 g/mol. The first kappa shape index (κ1) is 16.9. The molecule has 1 aromatic carbocycles. The first-order valence-corrected chi connectivity index (χ1v) is 9.18. The molecule has 2 unspecified atom stereocenters. The van der Waals surface area contributed by atoms with Crippen molar-refractivity contribution in [3.05, 3.63) is 66.0 Å². The van der Waals surface area contributed by atoms with Gasteiger partial charge in [-0.3, -0.25) is 4.98 Å². The van der Waals surface area contributed by atoms with E-state index in [2.05, 4.69) is 58.5 Å². The van der Waals surface area contributed by atoms with E-state index in [0.717, 1.165) is 18.1 Å². The van der Waals surface area contributed by atoms with E-state index in [1.54, 1.807) is 0 Å². The third-order valence-electron chi connectivity index (χ3n) is 4.74. The van der Waals surface area contributed by atoms with Crippen molar-refractivity contribution in [2.75, 3.05) is 6.54 Å². The topological polar surface area (TPSA) is 28.2 Å². The van der Waals surface area contributed by atoms with Crippen molar-refractivity contribution in [2.45, 2.75) is 44.7 Å². The number of hydrogen-bond donors (Lipinski definition) is 1. The van der Waals surface area contributed by atoms with Gasteiger partial charge in [0.2, 0.25) is 0 Å². The minimum absolute atomic E-state index is 0.208. The normalized spacial score (nSPS) is 19.4. The molecule has 0 bridgehead atoms. The molecule has 0 spiro atoms. The van der Waals surface area contributed by atoms with Gasteiger partial charge in [-0.2, -0.15) is 0 Å². The molecular formula is C20H25N3S. The van der Waals surface area contributed by atoms with Crippen LogP contribution in [0.15, 0.2) is 54.9 Å². The second-order valence-electron chi connectivity index (χ2n) is 6.42. The number of thiocarbonyl (C=S) groups is 1. The van der Waals surface area contributed by atoms with Crippen molar-refractivity contribution in [3.8, 4) is 0 Å². The molecule has 1 N–H and O–H groups in total. The van der Waals surface area contributed by atoms with Gasteiger partial charge >= 0.3 is 0 Å². The van der Waals surface area contributed by atoms with Gasteiger partial charge in [-0.25, -0.2) is 0 Å². The van der Waals surface area contributed by atoms with Gasteiger partial charge in [-0.05, 0) is 55.2 Å². The third kappa shape index (κ3) is 4.12. The van der Waals surface area contributed by atoms with Gasteiger partial charge in [0.05, 0.1) is 12.1 Å². The lowest BCUT2D eigenvalue weighted by atomic mass is 10.0. The summed E-state index contributed by atoms with van der Waals surface area (Å²) >= 11 is 5.79. The highest BCUT2D eigenvalue weighted by Gasteiger charge is 2.25. The molecule has 2 heterocycles. The maximum atomic E-state index is 5.79. The summed E-state index contributed by atoms with van der Waals surface area (Å²) in [5.41, 5.74) is 2.57. The monoisotopic (exact) mass is 339 g/mol. The molecule has 0 saturated carbocycles. The lowest BCUT2D eigenvalue weighted by molar-refractivity contribution is 0.314. The third-order valence-corrected chi connectivity index (χ3v) is 5.10. The van der Waals surface area contributed by atoms with Crippen LogP contribution in [0.4, 0.5) is 0 Å². The van der Waals surface area contributed by atoms with Gasteiger partial charge in [0.25, 0.3) is 0 Å². The molecule has 1 fully saturated rings. The van der Waals surface area contributed by atoms with Gasteiger partial charge in [0, 0.05) is 18.9 Å². The summed E-state index contributed by atoms with van der Waals surface area (Å²) in [7, 11) is 0. The van der Waals surface area contributed by atoms with Crippen LogP contribution in [0.5, 0.6) is 0 Å². The maximum Gasteiger partial charge on any atom is 0.169 e. The summed E-state index contributed by atoms with van der Waals surface area (Å²) in [6, 6.07) is 15.3. The average Bonchev–Trinajstić information content (AvgIpc) is 2.89. The van der Waals surface area contributed by atoms with Crippen molar-refractivity contribution < 1.29 is 0 Å². The standard InChI is InChI=1S/C20H25N3S/c1-16(17-8-4-2-5-9-17)22-20(24)23-15-7-3-6-10-19(23)18-11-13-21-14-12-18/h2,4-5,8-9,11-14,16,19H,3,6-7,10,15H2,1H3,(H,22,24). The molecule has 4 heteroatoms. The van der Waals surface area contributed by atoms with Crippen LogP contribution in [0.3, 0.4) is 0 Å². The minimum atomic E-state index is 0.208. The minimum Gasteiger partial charge on any atom is -0.356 e. The van der Waals surface area contributed by atoms with Crippen LogP contribution < -0.4 is 5.32 Å². The number of rotatable bonds is 3. The molecule has 0 amide bonds. The molecule has 1 aromatic heterocycles. The fourth-order valence-electron chi connectivity index (χ4n) is 3.38. The summed E-state index contributed by atoms with van der Waals surface area (Å²) in [5.74, 6) is 0. The maximum absolute atomic E-state index is 5.79. The number of likely N-dealkylation sites (tertiary alicyclic amines) is 1. The molecule has 1 saturated heterocycles. The smallest absolute Gasteiger partial charge is 0.169 e. The van der Waals surface area contributed by atoms with Crippen LogP contribution in [-0.4, -0.2) is 21.5 Å². The van der Waals surface area contributed by atoms with E-state index in [1.165, 1.54) is 30.4 Å². The Morgan fingerprint density at radius 3 is 2.62 bits per heavy atom. The highest BCUT2D eigenvalue weighted by molar-refractivity contribution is 7.80. The molecule has 1 aliphatic rings. The zero-order valence-corrected chi connectivity index (χ0v) is 15.0. The molecule has 0 radical (unpaired) electrons. The number of benzene rings is 1. The summed E-state index contributed by atoms with van der Waals surface area (Å²) in [4.78, 5) is 6.53. The van der Waals surface area contributed by atoms with Gasteiger partial charge in [-0.15, -0.1) is 0 Å². The van der Waals surface area contributed by atoms with Crippen molar-refractivity contribution in [1.29, 1.82) is 0 Å². The molecule has 3 rings (SSSR count). The van der Waals surface area contributed by atoms with Crippen molar-refractivity contribution in [3.63, 3.8) is 0 Å². The predicted octanol–water partition coefficient (Wildman–Crippen LogP) is 4.63. The van der Waals surface area contributed by atoms with Gasteiger partial charge < -0.3 is 10.2 Å². The lowest BCUT2D eigenvalue weighted by Gasteiger charge is -2.34. The van der Waals surface area contributed by atoms with Crippen LogP contribution in [0.2, 0.25) is 0 Å². The molecule has 24 heavy (non-hydrogen) atoms. The Morgan fingerprint density at radius 2 is 1.88 bits per heavy atom. The zero-order valence-electron chi connectivity index (χ0n) is 14.2. The van der Waals surface area contributed by atoms with Gasteiger partial charge in [0.1, 0.15) is 0 Å². The van der Waals surface area contributed by atoms with Crippen LogP contribution >= 0.6 is 12.2 Å². The van der Waals surface area contributed by atoms with Crippen molar-refractivity contribution >= 4 is 17.3 Å². The number of nitrogens with zero attached hydrogens (tertiary/aromatic N) is 2. The first-order chi connectivity index (χ1) is 11.8. The van der Waals surface area contributed by atoms with E-state index in [1.807, 2.05) is 18.5 Å². The highest BCUT2D eigenvalue weighted by atomic mass is 32.1. The largest absolute Gasteiger partial charge is 0.356 e. The summed E-state index contributed by atoms with van der Waals surface area (Å²) in [6.07, 6.45) is 8.62. The van der Waals surface area contributed by atoms with Gasteiger partial charge in [0.15, 0.2) is 5.11 Å². The van der Waals surface area contributed by atoms with E-state index < -0.39 is 0 Å². The van der Waals surface area contributed by atoms with Crippen molar-refractivity contribution in [2.24, 2.45) is 0 Å². The zero-order chi connectivity index (χ0) is 16.8. The lowest BCUT2D eigenvalue weighted by Crippen LogP contribution is -2.42. The SMILES string of the molecule is CC(NC(=S)N1CCCCCC1c1ccncc1)c1ccccc1. The van der Waals surface area contributed by atoms with Crippen LogP contribution in [-0.2, 0) is 0 Å². The van der Waals surface area contributed by atoms with Crippen LogP contribution in [0.25, 0.3) is 0 Å². The van der Waals surface area contributed by atoms with E-state index in [-0.39, 0.29) is 6.04 Å². The van der Waals surface area contributed by atoms with E-state index in [0.29, 0.717) is 6.04 Å². The number of aromatic nitrogens is 1. The summed E-state index contributed by atoms with van der Waals surface area (Å²) in [6.45, 7) is 3.18. The Bertz CT molecular complexity index is 644. The second kappa shape index (κ2) is 8.25. The Balaban J connectivity index is 1.75. The molecule has 0 aliphatic carbocycles. The highest BCUT2D eigenvalue weighted by Crippen LogP contribution is 2.30. The van der Waals surface area contributed by atoms with E-state index >= 15 is 0 Å². The molecule has 126 valence electrons. The Morgan fingerprint density at radius 1 is 1.12 bits per heavy atom. The molecule has 3 nitrogen and oxygen atoms in total.